The maximum absolute atomic E-state index is 9.42. The Morgan fingerprint density at radius 1 is 0.969 bits per heavy atom. The number of imidazole rings is 1. The van der Waals surface area contributed by atoms with Crippen molar-refractivity contribution in [1.82, 2.24) is 24.5 Å². The first-order valence-corrected chi connectivity index (χ1v) is 9.85. The van der Waals surface area contributed by atoms with Crippen molar-refractivity contribution in [2.45, 2.75) is 6.61 Å². The van der Waals surface area contributed by atoms with Gasteiger partial charge in [0.25, 0.3) is 0 Å². The SMILES string of the molecule is N#Cc1ccc(-c2ccc3nc(-c4cccnc4N)n(-c4ccc(CO)cc4)c3n2)cn1. The molecule has 1 aromatic carbocycles. The third-order valence-electron chi connectivity index (χ3n) is 5.13. The number of nitrogens with zero attached hydrogens (tertiary/aromatic N) is 6. The molecule has 5 rings (SSSR count). The normalized spacial score (nSPS) is 10.9. The van der Waals surface area contributed by atoms with Crippen LogP contribution in [0.5, 0.6) is 0 Å². The Labute approximate surface area is 183 Å². The van der Waals surface area contributed by atoms with Crippen molar-refractivity contribution in [3.05, 3.63) is 84.3 Å². The topological polar surface area (TPSA) is 127 Å². The number of rotatable bonds is 4. The van der Waals surface area contributed by atoms with E-state index in [4.69, 9.17) is 21.0 Å². The van der Waals surface area contributed by atoms with Crippen molar-refractivity contribution in [2.24, 2.45) is 0 Å². The van der Waals surface area contributed by atoms with E-state index in [1.807, 2.05) is 65.2 Å². The Morgan fingerprint density at radius 2 is 1.81 bits per heavy atom. The van der Waals surface area contributed by atoms with E-state index >= 15 is 0 Å². The van der Waals surface area contributed by atoms with E-state index in [1.54, 1.807) is 18.5 Å². The third kappa shape index (κ3) is 3.33. The predicted octanol–water partition coefficient (Wildman–Crippen LogP) is 3.49. The molecule has 0 fully saturated rings. The first-order valence-electron chi connectivity index (χ1n) is 9.85. The summed E-state index contributed by atoms with van der Waals surface area (Å²) in [5.41, 5.74) is 11.7. The molecule has 4 heterocycles. The quantitative estimate of drug-likeness (QED) is 0.456. The van der Waals surface area contributed by atoms with Gasteiger partial charge in [-0.15, -0.1) is 0 Å². The van der Waals surface area contributed by atoms with E-state index in [1.165, 1.54) is 0 Å². The van der Waals surface area contributed by atoms with Crippen molar-refractivity contribution in [3.8, 4) is 34.4 Å². The minimum absolute atomic E-state index is 0.0402. The van der Waals surface area contributed by atoms with Crippen LogP contribution in [-0.4, -0.2) is 29.6 Å². The van der Waals surface area contributed by atoms with Crippen molar-refractivity contribution >= 4 is 17.0 Å². The molecule has 3 N–H and O–H groups in total. The van der Waals surface area contributed by atoms with Gasteiger partial charge < -0.3 is 10.8 Å². The summed E-state index contributed by atoms with van der Waals surface area (Å²) in [6.07, 6.45) is 3.26. The summed E-state index contributed by atoms with van der Waals surface area (Å²) in [7, 11) is 0. The fourth-order valence-electron chi connectivity index (χ4n) is 3.51. The second-order valence-electron chi connectivity index (χ2n) is 7.11. The Hall–Kier alpha value is -4.61. The Morgan fingerprint density at radius 3 is 2.50 bits per heavy atom. The van der Waals surface area contributed by atoms with Crippen LogP contribution in [0.25, 0.3) is 39.5 Å². The van der Waals surface area contributed by atoms with E-state index in [0.29, 0.717) is 39.8 Å². The molecule has 0 amide bonds. The molecular formula is C24H17N7O. The molecule has 0 aliphatic heterocycles. The van der Waals surface area contributed by atoms with Crippen LogP contribution in [0.15, 0.2) is 73.1 Å². The Kier molecular flexibility index (Phi) is 4.78. The molecule has 0 saturated carbocycles. The standard InChI is InChI=1S/C24H17N7O/c25-12-17-6-5-16(13-28-17)20-9-10-21-24(29-20)31(18-7-3-15(14-32)4-8-18)23(30-21)19-2-1-11-27-22(19)26/h1-11,13,32H,14H2,(H2,26,27). The van der Waals surface area contributed by atoms with Crippen LogP contribution >= 0.6 is 0 Å². The summed E-state index contributed by atoms with van der Waals surface area (Å²) in [4.78, 5) is 18.0. The number of anilines is 1. The lowest BCUT2D eigenvalue weighted by molar-refractivity contribution is 0.282. The smallest absolute Gasteiger partial charge is 0.165 e. The molecule has 4 aromatic heterocycles. The fraction of sp³-hybridized carbons (Fsp3) is 0.0417. The third-order valence-corrected chi connectivity index (χ3v) is 5.13. The molecule has 0 spiro atoms. The average molecular weight is 419 g/mol. The van der Waals surface area contributed by atoms with E-state index in [-0.39, 0.29) is 6.61 Å². The van der Waals surface area contributed by atoms with Crippen LogP contribution in [0.3, 0.4) is 0 Å². The molecule has 0 saturated heterocycles. The summed E-state index contributed by atoms with van der Waals surface area (Å²) < 4.78 is 1.92. The minimum atomic E-state index is -0.0402. The summed E-state index contributed by atoms with van der Waals surface area (Å²) in [6, 6.07) is 20.5. The van der Waals surface area contributed by atoms with Crippen LogP contribution in [-0.2, 0) is 6.61 Å². The minimum Gasteiger partial charge on any atom is -0.392 e. The first kappa shape index (κ1) is 19.4. The molecule has 8 nitrogen and oxygen atoms in total. The average Bonchev–Trinajstić information content (AvgIpc) is 3.23. The highest BCUT2D eigenvalue weighted by molar-refractivity contribution is 5.84. The maximum atomic E-state index is 9.42. The van der Waals surface area contributed by atoms with E-state index in [2.05, 4.69) is 9.97 Å². The molecular weight excluding hydrogens is 402 g/mol. The molecule has 0 bridgehead atoms. The number of nitriles is 1. The number of nitrogen functional groups attached to an aromatic ring is 1. The lowest BCUT2D eigenvalue weighted by atomic mass is 10.1. The number of aliphatic hydroxyl groups is 1. The van der Waals surface area contributed by atoms with Gasteiger partial charge in [0.05, 0.1) is 17.9 Å². The summed E-state index contributed by atoms with van der Waals surface area (Å²) in [6.45, 7) is -0.0402. The van der Waals surface area contributed by atoms with Crippen LogP contribution in [0.4, 0.5) is 5.82 Å². The second kappa shape index (κ2) is 7.91. The van der Waals surface area contributed by atoms with Gasteiger partial charge in [-0.3, -0.25) is 4.57 Å². The number of hydrogen-bond donors (Lipinski definition) is 2. The van der Waals surface area contributed by atoms with Gasteiger partial charge in [0.15, 0.2) is 11.5 Å². The number of pyridine rings is 3. The molecule has 0 unspecified atom stereocenters. The van der Waals surface area contributed by atoms with E-state index in [9.17, 15) is 5.11 Å². The van der Waals surface area contributed by atoms with Crippen molar-refractivity contribution in [3.63, 3.8) is 0 Å². The maximum Gasteiger partial charge on any atom is 0.165 e. The molecule has 0 radical (unpaired) electrons. The zero-order valence-corrected chi connectivity index (χ0v) is 16.8. The highest BCUT2D eigenvalue weighted by atomic mass is 16.3. The van der Waals surface area contributed by atoms with Gasteiger partial charge in [-0.05, 0) is 54.1 Å². The summed E-state index contributed by atoms with van der Waals surface area (Å²) in [5, 5.41) is 18.4. The van der Waals surface area contributed by atoms with Gasteiger partial charge in [-0.2, -0.15) is 5.26 Å². The first-order chi connectivity index (χ1) is 15.7. The molecule has 32 heavy (non-hydrogen) atoms. The number of aliphatic hydroxyl groups excluding tert-OH is 1. The van der Waals surface area contributed by atoms with Gasteiger partial charge in [-0.25, -0.2) is 19.9 Å². The summed E-state index contributed by atoms with van der Waals surface area (Å²) in [5.74, 6) is 0.984. The molecule has 8 heteroatoms. The van der Waals surface area contributed by atoms with Gasteiger partial charge in [0, 0.05) is 23.6 Å². The lowest BCUT2D eigenvalue weighted by Crippen LogP contribution is -2.02. The lowest BCUT2D eigenvalue weighted by Gasteiger charge is -2.11. The number of fused-ring (bicyclic) bond motifs is 1. The number of hydrogen-bond acceptors (Lipinski definition) is 7. The highest BCUT2D eigenvalue weighted by Crippen LogP contribution is 2.31. The number of nitrogens with two attached hydrogens (primary N) is 1. The molecule has 0 aliphatic rings. The molecule has 154 valence electrons. The molecule has 0 aliphatic carbocycles. The van der Waals surface area contributed by atoms with Crippen LogP contribution < -0.4 is 5.73 Å². The van der Waals surface area contributed by atoms with Crippen LogP contribution in [0, 0.1) is 11.3 Å². The van der Waals surface area contributed by atoms with Gasteiger partial charge in [0.2, 0.25) is 0 Å². The largest absolute Gasteiger partial charge is 0.392 e. The van der Waals surface area contributed by atoms with Gasteiger partial charge >= 0.3 is 0 Å². The molecule has 0 atom stereocenters. The number of aromatic nitrogens is 5. The van der Waals surface area contributed by atoms with Crippen molar-refractivity contribution in [1.29, 1.82) is 5.26 Å². The second-order valence-corrected chi connectivity index (χ2v) is 7.11. The Balaban J connectivity index is 1.75. The molecule has 5 aromatic rings. The summed E-state index contributed by atoms with van der Waals surface area (Å²) >= 11 is 0. The van der Waals surface area contributed by atoms with Crippen LogP contribution in [0.1, 0.15) is 11.3 Å². The zero-order chi connectivity index (χ0) is 22.1. The fourth-order valence-corrected chi connectivity index (χ4v) is 3.51. The zero-order valence-electron chi connectivity index (χ0n) is 16.8. The van der Waals surface area contributed by atoms with Crippen LogP contribution in [0.2, 0.25) is 0 Å². The van der Waals surface area contributed by atoms with Crippen molar-refractivity contribution < 1.29 is 5.11 Å². The van der Waals surface area contributed by atoms with Gasteiger partial charge in [0.1, 0.15) is 23.1 Å². The Bertz CT molecular complexity index is 1470. The highest BCUT2D eigenvalue weighted by Gasteiger charge is 2.18. The predicted molar refractivity (Wildman–Crippen MR) is 120 cm³/mol. The number of benzene rings is 1. The van der Waals surface area contributed by atoms with Crippen molar-refractivity contribution in [2.75, 3.05) is 5.73 Å². The van der Waals surface area contributed by atoms with E-state index in [0.717, 1.165) is 16.8 Å². The monoisotopic (exact) mass is 419 g/mol. The van der Waals surface area contributed by atoms with E-state index < -0.39 is 0 Å². The van der Waals surface area contributed by atoms with Gasteiger partial charge in [-0.1, -0.05) is 12.1 Å².